The van der Waals surface area contributed by atoms with Crippen LogP contribution in [0.3, 0.4) is 0 Å². The average Bonchev–Trinajstić information content (AvgIpc) is 3.17. The van der Waals surface area contributed by atoms with Crippen LogP contribution in [0.15, 0.2) is 59.8 Å². The molecule has 0 aliphatic carbocycles. The van der Waals surface area contributed by atoms with Gasteiger partial charge in [0, 0.05) is 18.8 Å². The minimum atomic E-state index is -0.0639. The van der Waals surface area contributed by atoms with Crippen LogP contribution in [-0.2, 0) is 16.1 Å². The molecule has 8 heteroatoms. The topological polar surface area (TPSA) is 72.3 Å². The summed E-state index contributed by atoms with van der Waals surface area (Å²) in [6, 6.07) is 18.0. The van der Waals surface area contributed by atoms with E-state index in [1.54, 1.807) is 0 Å². The van der Waals surface area contributed by atoms with Crippen molar-refractivity contribution in [3.63, 3.8) is 0 Å². The molecule has 0 spiro atoms. The Morgan fingerprint density at radius 3 is 2.53 bits per heavy atom. The molecule has 0 unspecified atom stereocenters. The minimum absolute atomic E-state index is 0.0639. The summed E-state index contributed by atoms with van der Waals surface area (Å²) < 4.78 is 7.56. The van der Waals surface area contributed by atoms with Gasteiger partial charge in [-0.3, -0.25) is 9.36 Å². The number of hydrogen-bond acceptors (Lipinski definition) is 6. The predicted molar refractivity (Wildman–Crippen MR) is 119 cm³/mol. The Morgan fingerprint density at radius 1 is 1.07 bits per heavy atom. The monoisotopic (exact) mass is 423 g/mol. The van der Waals surface area contributed by atoms with Gasteiger partial charge < -0.3 is 15.0 Å². The summed E-state index contributed by atoms with van der Waals surface area (Å²) in [6.07, 6.45) is 0. The van der Waals surface area contributed by atoms with Crippen molar-refractivity contribution in [3.8, 4) is 0 Å². The van der Waals surface area contributed by atoms with Crippen LogP contribution in [0.2, 0.25) is 0 Å². The molecule has 0 saturated carbocycles. The zero-order valence-corrected chi connectivity index (χ0v) is 17.8. The number of rotatable bonds is 7. The van der Waals surface area contributed by atoms with Gasteiger partial charge in [0.15, 0.2) is 5.16 Å². The second-order valence-electron chi connectivity index (χ2n) is 7.16. The normalized spacial score (nSPS) is 14.0. The van der Waals surface area contributed by atoms with E-state index in [1.807, 2.05) is 49.4 Å². The highest BCUT2D eigenvalue weighted by molar-refractivity contribution is 7.99. The molecule has 1 aromatic heterocycles. The third-order valence-corrected chi connectivity index (χ3v) is 5.81. The van der Waals surface area contributed by atoms with Gasteiger partial charge in [-0.25, -0.2) is 0 Å². The number of carbonyl (C=O) groups excluding carboxylic acids is 1. The predicted octanol–water partition coefficient (Wildman–Crippen LogP) is 3.20. The maximum absolute atomic E-state index is 12.4. The molecule has 2 aromatic carbocycles. The summed E-state index contributed by atoms with van der Waals surface area (Å²) in [5, 5.41) is 12.5. The zero-order valence-electron chi connectivity index (χ0n) is 17.0. The maximum Gasteiger partial charge on any atom is 0.234 e. The summed E-state index contributed by atoms with van der Waals surface area (Å²) in [6.45, 7) is 5.60. The van der Waals surface area contributed by atoms with Gasteiger partial charge in [0.1, 0.15) is 0 Å². The Bertz CT molecular complexity index is 969. The number of amides is 1. The second-order valence-corrected chi connectivity index (χ2v) is 8.10. The number of hydrogen-bond donors (Lipinski definition) is 1. The fraction of sp³-hybridized carbons (Fsp3) is 0.318. The van der Waals surface area contributed by atoms with Crippen molar-refractivity contribution in [2.45, 2.75) is 18.6 Å². The number of aromatic nitrogens is 3. The molecular weight excluding hydrogens is 398 g/mol. The largest absolute Gasteiger partial charge is 0.378 e. The van der Waals surface area contributed by atoms with Crippen molar-refractivity contribution in [2.75, 3.05) is 42.3 Å². The van der Waals surface area contributed by atoms with Gasteiger partial charge in [-0.1, -0.05) is 59.8 Å². The Kier molecular flexibility index (Phi) is 6.66. The van der Waals surface area contributed by atoms with Gasteiger partial charge >= 0.3 is 0 Å². The van der Waals surface area contributed by atoms with Gasteiger partial charge in [-0.2, -0.15) is 0 Å². The first-order chi connectivity index (χ1) is 14.7. The Labute approximate surface area is 180 Å². The van der Waals surface area contributed by atoms with Crippen LogP contribution in [0.1, 0.15) is 11.1 Å². The number of aryl methyl sites for hydroxylation is 1. The molecule has 0 atom stereocenters. The molecule has 1 saturated heterocycles. The lowest BCUT2D eigenvalue weighted by Gasteiger charge is -2.28. The molecule has 1 fully saturated rings. The smallest absolute Gasteiger partial charge is 0.234 e. The first-order valence-electron chi connectivity index (χ1n) is 9.98. The number of carbonyl (C=O) groups is 1. The zero-order chi connectivity index (χ0) is 20.8. The van der Waals surface area contributed by atoms with Crippen LogP contribution in [0.4, 0.5) is 11.6 Å². The van der Waals surface area contributed by atoms with Crippen molar-refractivity contribution >= 4 is 29.3 Å². The number of nitrogens with one attached hydrogen (secondary N) is 1. The van der Waals surface area contributed by atoms with Gasteiger partial charge in [0.2, 0.25) is 11.9 Å². The highest BCUT2D eigenvalue weighted by atomic mass is 32.2. The summed E-state index contributed by atoms with van der Waals surface area (Å²) >= 11 is 1.40. The first kappa shape index (κ1) is 20.4. The van der Waals surface area contributed by atoms with Crippen LogP contribution in [0.25, 0.3) is 0 Å². The highest BCUT2D eigenvalue weighted by Gasteiger charge is 2.21. The quantitative estimate of drug-likeness (QED) is 0.589. The molecule has 0 bridgehead atoms. The number of ether oxygens (including phenoxy) is 1. The lowest BCUT2D eigenvalue weighted by Crippen LogP contribution is -2.38. The van der Waals surface area contributed by atoms with Crippen LogP contribution >= 0.6 is 11.8 Å². The van der Waals surface area contributed by atoms with Gasteiger partial charge in [0.25, 0.3) is 0 Å². The second kappa shape index (κ2) is 9.77. The average molecular weight is 424 g/mol. The van der Waals surface area contributed by atoms with Crippen molar-refractivity contribution in [1.82, 2.24) is 14.8 Å². The van der Waals surface area contributed by atoms with E-state index < -0.39 is 0 Å². The van der Waals surface area contributed by atoms with E-state index in [-0.39, 0.29) is 11.7 Å². The molecular formula is C22H25N5O2S. The van der Waals surface area contributed by atoms with E-state index in [1.165, 1.54) is 11.8 Å². The molecule has 1 aliphatic heterocycles. The number of anilines is 2. The van der Waals surface area contributed by atoms with E-state index in [2.05, 4.69) is 37.1 Å². The summed E-state index contributed by atoms with van der Waals surface area (Å²) in [7, 11) is 0. The van der Waals surface area contributed by atoms with E-state index in [9.17, 15) is 4.79 Å². The van der Waals surface area contributed by atoms with E-state index in [0.717, 1.165) is 41.0 Å². The third kappa shape index (κ3) is 5.20. The van der Waals surface area contributed by atoms with Gasteiger partial charge in [-0.15, -0.1) is 10.2 Å². The van der Waals surface area contributed by atoms with Crippen molar-refractivity contribution in [3.05, 3.63) is 65.7 Å². The molecule has 1 N–H and O–H groups in total. The third-order valence-electron chi connectivity index (χ3n) is 4.84. The molecule has 1 amide bonds. The number of nitrogens with zero attached hydrogens (tertiary/aromatic N) is 4. The Hall–Kier alpha value is -2.84. The van der Waals surface area contributed by atoms with Crippen LogP contribution in [0, 0.1) is 6.92 Å². The van der Waals surface area contributed by atoms with Crippen molar-refractivity contribution in [1.29, 1.82) is 0 Å². The van der Waals surface area contributed by atoms with Crippen LogP contribution in [-0.4, -0.2) is 52.7 Å². The maximum atomic E-state index is 12.4. The van der Waals surface area contributed by atoms with Crippen molar-refractivity contribution in [2.24, 2.45) is 0 Å². The highest BCUT2D eigenvalue weighted by Crippen LogP contribution is 2.24. The molecule has 4 rings (SSSR count). The van der Waals surface area contributed by atoms with Gasteiger partial charge in [0.05, 0.1) is 25.5 Å². The summed E-state index contributed by atoms with van der Waals surface area (Å²) in [4.78, 5) is 14.6. The van der Waals surface area contributed by atoms with E-state index in [0.29, 0.717) is 19.8 Å². The first-order valence-corrected chi connectivity index (χ1v) is 11.0. The standard InChI is InChI=1S/C22H25N5O2S/c1-17-7-9-19(10-8-17)23-20(28)16-30-22-25-24-21(26-11-13-29-14-12-26)27(22)15-18-5-3-2-4-6-18/h2-10H,11-16H2,1H3,(H,23,28). The molecule has 0 radical (unpaired) electrons. The van der Waals surface area contributed by atoms with Crippen LogP contribution in [0.5, 0.6) is 0 Å². The fourth-order valence-corrected chi connectivity index (χ4v) is 3.99. The van der Waals surface area contributed by atoms with E-state index >= 15 is 0 Å². The number of morpholine rings is 1. The van der Waals surface area contributed by atoms with Gasteiger partial charge in [-0.05, 0) is 24.6 Å². The molecule has 3 aromatic rings. The van der Waals surface area contributed by atoms with E-state index in [4.69, 9.17) is 4.74 Å². The fourth-order valence-electron chi connectivity index (χ4n) is 3.25. The molecule has 30 heavy (non-hydrogen) atoms. The summed E-state index contributed by atoms with van der Waals surface area (Å²) in [5.74, 6) is 1.03. The number of thioether (sulfide) groups is 1. The Morgan fingerprint density at radius 2 is 1.80 bits per heavy atom. The lowest BCUT2D eigenvalue weighted by molar-refractivity contribution is -0.113. The molecule has 7 nitrogen and oxygen atoms in total. The minimum Gasteiger partial charge on any atom is -0.378 e. The van der Waals surface area contributed by atoms with Crippen LogP contribution < -0.4 is 10.2 Å². The SMILES string of the molecule is Cc1ccc(NC(=O)CSc2nnc(N3CCOCC3)n2Cc2ccccc2)cc1. The Balaban J connectivity index is 1.48. The van der Waals surface area contributed by atoms with Crippen molar-refractivity contribution < 1.29 is 9.53 Å². The summed E-state index contributed by atoms with van der Waals surface area (Å²) in [5.41, 5.74) is 3.12. The molecule has 2 heterocycles. The molecule has 1 aliphatic rings. The molecule has 156 valence electrons. The lowest BCUT2D eigenvalue weighted by atomic mass is 10.2. The number of benzene rings is 2.